The average molecular weight is 494 g/mol. The predicted octanol–water partition coefficient (Wildman–Crippen LogP) is 3.46. The van der Waals surface area contributed by atoms with Gasteiger partial charge in [-0.15, -0.1) is 0 Å². The number of benzene rings is 1. The Morgan fingerprint density at radius 1 is 1.20 bits per heavy atom. The van der Waals surface area contributed by atoms with E-state index in [2.05, 4.69) is 47.8 Å². The molecule has 5 nitrogen and oxygen atoms in total. The summed E-state index contributed by atoms with van der Waals surface area (Å²) >= 11 is 9.84. The van der Waals surface area contributed by atoms with Gasteiger partial charge in [0.05, 0.1) is 22.3 Å². The van der Waals surface area contributed by atoms with Gasteiger partial charge < -0.3 is 9.29 Å². The van der Waals surface area contributed by atoms with Gasteiger partial charge in [0.15, 0.2) is 0 Å². The first-order valence-electron chi connectivity index (χ1n) is 5.46. The lowest BCUT2D eigenvalue weighted by Gasteiger charge is -2.09. The summed E-state index contributed by atoms with van der Waals surface area (Å²) in [5.74, 6) is -0.972. The zero-order chi connectivity index (χ0) is 15.3. The van der Waals surface area contributed by atoms with E-state index >= 15 is 0 Å². The van der Waals surface area contributed by atoms with E-state index in [-0.39, 0.29) is 13.0 Å². The van der Waals surface area contributed by atoms with Crippen molar-refractivity contribution in [3.63, 3.8) is 0 Å². The van der Waals surface area contributed by atoms with Crippen molar-refractivity contribution in [1.29, 1.82) is 0 Å². The molecule has 112 valence electrons. The Labute approximate surface area is 142 Å². The van der Waals surface area contributed by atoms with Gasteiger partial charge in [0.2, 0.25) is 0 Å². The third-order valence-corrected chi connectivity index (χ3v) is 5.49. The SMILES string of the molecule is O=C(OCCCCS(=O)(=O)[O-])c1cc(Br)cc(Br)c1Br. The van der Waals surface area contributed by atoms with E-state index in [1.807, 2.05) is 0 Å². The van der Waals surface area contributed by atoms with Crippen LogP contribution >= 0.6 is 47.8 Å². The van der Waals surface area contributed by atoms with Crippen LogP contribution in [0, 0.1) is 0 Å². The summed E-state index contributed by atoms with van der Waals surface area (Å²) in [7, 11) is -4.21. The van der Waals surface area contributed by atoms with Crippen LogP contribution in [-0.2, 0) is 14.9 Å². The highest BCUT2D eigenvalue weighted by Crippen LogP contribution is 2.31. The molecule has 20 heavy (non-hydrogen) atoms. The fraction of sp³-hybridized carbons (Fsp3) is 0.364. The molecule has 1 aromatic rings. The predicted molar refractivity (Wildman–Crippen MR) is 83.6 cm³/mol. The number of rotatable bonds is 6. The molecule has 0 N–H and O–H groups in total. The molecule has 0 fully saturated rings. The number of ether oxygens (including phenoxy) is 1. The first kappa shape index (κ1) is 18.1. The van der Waals surface area contributed by atoms with Gasteiger partial charge >= 0.3 is 5.97 Å². The monoisotopic (exact) mass is 491 g/mol. The molecule has 0 aromatic heterocycles. The summed E-state index contributed by atoms with van der Waals surface area (Å²) in [4.78, 5) is 11.9. The molecule has 0 radical (unpaired) electrons. The van der Waals surface area contributed by atoms with Gasteiger partial charge in [-0.1, -0.05) is 15.9 Å². The Kier molecular flexibility index (Phi) is 7.13. The van der Waals surface area contributed by atoms with Crippen LogP contribution < -0.4 is 0 Å². The molecule has 0 heterocycles. The van der Waals surface area contributed by atoms with E-state index in [1.54, 1.807) is 12.1 Å². The summed E-state index contributed by atoms with van der Waals surface area (Å²) < 4.78 is 38.2. The molecule has 0 aliphatic heterocycles. The zero-order valence-corrected chi connectivity index (χ0v) is 15.6. The van der Waals surface area contributed by atoms with Crippen LogP contribution in [0.15, 0.2) is 25.6 Å². The van der Waals surface area contributed by atoms with Crippen molar-refractivity contribution in [3.8, 4) is 0 Å². The highest BCUT2D eigenvalue weighted by Gasteiger charge is 2.15. The van der Waals surface area contributed by atoms with Crippen LogP contribution in [0.1, 0.15) is 23.2 Å². The maximum Gasteiger partial charge on any atom is 0.339 e. The lowest BCUT2D eigenvalue weighted by molar-refractivity contribution is 0.0498. The van der Waals surface area contributed by atoms with Crippen molar-refractivity contribution in [3.05, 3.63) is 31.1 Å². The molecule has 1 rings (SSSR count). The first-order chi connectivity index (χ1) is 9.20. The Morgan fingerprint density at radius 2 is 1.85 bits per heavy atom. The molecule has 0 aliphatic carbocycles. The summed E-state index contributed by atoms with van der Waals surface area (Å²) in [5.41, 5.74) is 0.350. The van der Waals surface area contributed by atoms with Gasteiger partial charge in [-0.3, -0.25) is 0 Å². The van der Waals surface area contributed by atoms with Gasteiger partial charge in [-0.25, -0.2) is 13.2 Å². The van der Waals surface area contributed by atoms with E-state index in [0.717, 1.165) is 4.47 Å². The van der Waals surface area contributed by atoms with Gasteiger partial charge in [0.1, 0.15) is 0 Å². The topological polar surface area (TPSA) is 83.5 Å². The molecule has 0 spiro atoms. The second-order valence-corrected chi connectivity index (χ2v) is 7.94. The molecule has 0 aliphatic rings. The number of hydrogen-bond acceptors (Lipinski definition) is 5. The van der Waals surface area contributed by atoms with Crippen LogP contribution in [0.3, 0.4) is 0 Å². The van der Waals surface area contributed by atoms with Crippen LogP contribution in [0.2, 0.25) is 0 Å². The van der Waals surface area contributed by atoms with Gasteiger partial charge in [0, 0.05) is 19.2 Å². The second kappa shape index (κ2) is 7.88. The second-order valence-electron chi connectivity index (χ2n) is 3.85. The Balaban J connectivity index is 2.52. The molecule has 9 heteroatoms. The van der Waals surface area contributed by atoms with Crippen LogP contribution in [0.25, 0.3) is 0 Å². The summed E-state index contributed by atoms with van der Waals surface area (Å²) in [6.45, 7) is 0.0604. The molecule has 0 saturated carbocycles. The average Bonchev–Trinajstić information content (AvgIpc) is 2.31. The lowest BCUT2D eigenvalue weighted by Crippen LogP contribution is -2.10. The normalized spacial score (nSPS) is 11.4. The maximum absolute atomic E-state index is 11.9. The Bertz CT molecular complexity index is 600. The molecule has 1 aromatic carbocycles. The minimum Gasteiger partial charge on any atom is -0.748 e. The fourth-order valence-corrected chi connectivity index (χ4v) is 3.50. The minimum atomic E-state index is -4.21. The fourth-order valence-electron chi connectivity index (χ4n) is 1.33. The third kappa shape index (κ3) is 6.21. The largest absolute Gasteiger partial charge is 0.748 e. The molecule has 0 unspecified atom stereocenters. The summed E-state index contributed by atoms with van der Waals surface area (Å²) in [6.07, 6.45) is 0.489. The van der Waals surface area contributed by atoms with Crippen molar-refractivity contribution in [1.82, 2.24) is 0 Å². The Morgan fingerprint density at radius 3 is 2.45 bits per heavy atom. The standard InChI is InChI=1S/C11H11Br3O5S/c12-7-5-8(10(14)9(13)6-7)11(15)19-3-1-2-4-20(16,17)18/h5-6H,1-4H2,(H,16,17,18)/p-1. The highest BCUT2D eigenvalue weighted by atomic mass is 79.9. The Hall–Kier alpha value is 0.0400. The molecule has 0 bridgehead atoms. The van der Waals surface area contributed by atoms with E-state index < -0.39 is 21.8 Å². The number of hydrogen-bond donors (Lipinski definition) is 0. The number of esters is 1. The van der Waals surface area contributed by atoms with E-state index in [0.29, 0.717) is 20.9 Å². The third-order valence-electron chi connectivity index (χ3n) is 2.23. The molecule has 0 amide bonds. The highest BCUT2D eigenvalue weighted by molar-refractivity contribution is 9.13. The van der Waals surface area contributed by atoms with Gasteiger partial charge in [0.25, 0.3) is 0 Å². The zero-order valence-electron chi connectivity index (χ0n) is 10.1. The van der Waals surface area contributed by atoms with Crippen molar-refractivity contribution in [2.24, 2.45) is 0 Å². The molecular formula is C11H10Br3O5S-. The smallest absolute Gasteiger partial charge is 0.339 e. The maximum atomic E-state index is 11.9. The van der Waals surface area contributed by atoms with Gasteiger partial charge in [-0.2, -0.15) is 0 Å². The number of unbranched alkanes of at least 4 members (excludes halogenated alkanes) is 1. The summed E-state index contributed by atoms with van der Waals surface area (Å²) in [5, 5.41) is 0. The van der Waals surface area contributed by atoms with Crippen molar-refractivity contribution >= 4 is 63.9 Å². The van der Waals surface area contributed by atoms with Crippen molar-refractivity contribution in [2.75, 3.05) is 12.4 Å². The van der Waals surface area contributed by atoms with E-state index in [4.69, 9.17) is 4.74 Å². The number of carbonyl (C=O) groups excluding carboxylic acids is 1. The quantitative estimate of drug-likeness (QED) is 0.262. The van der Waals surface area contributed by atoms with Gasteiger partial charge in [-0.05, 0) is 56.8 Å². The number of carbonyl (C=O) groups is 1. The van der Waals surface area contributed by atoms with Crippen LogP contribution in [0.4, 0.5) is 0 Å². The van der Waals surface area contributed by atoms with E-state index in [1.165, 1.54) is 0 Å². The minimum absolute atomic E-state index is 0.0604. The van der Waals surface area contributed by atoms with Crippen LogP contribution in [-0.4, -0.2) is 31.3 Å². The molecule has 0 atom stereocenters. The molecule has 0 saturated heterocycles. The lowest BCUT2D eigenvalue weighted by atomic mass is 10.2. The molecular weight excluding hydrogens is 484 g/mol. The van der Waals surface area contributed by atoms with Crippen LogP contribution in [0.5, 0.6) is 0 Å². The van der Waals surface area contributed by atoms with Crippen molar-refractivity contribution in [2.45, 2.75) is 12.8 Å². The summed E-state index contributed by atoms with van der Waals surface area (Å²) in [6, 6.07) is 3.39. The number of halogens is 3. The first-order valence-corrected chi connectivity index (χ1v) is 9.41. The van der Waals surface area contributed by atoms with E-state index in [9.17, 15) is 17.8 Å². The van der Waals surface area contributed by atoms with Crippen molar-refractivity contribution < 1.29 is 22.5 Å².